The van der Waals surface area contributed by atoms with E-state index >= 15 is 0 Å². The molecule has 2 unspecified atom stereocenters. The van der Waals surface area contributed by atoms with Crippen molar-refractivity contribution < 1.29 is 14.7 Å². The highest BCUT2D eigenvalue weighted by molar-refractivity contribution is 8.00. The van der Waals surface area contributed by atoms with Crippen LogP contribution in [0.5, 0.6) is 0 Å². The predicted molar refractivity (Wildman–Crippen MR) is 58.7 cm³/mol. The van der Waals surface area contributed by atoms with E-state index in [0.29, 0.717) is 18.7 Å². The Kier molecular flexibility index (Phi) is 4.90. The molecule has 1 fully saturated rings. The van der Waals surface area contributed by atoms with Crippen LogP contribution in [0.4, 0.5) is 0 Å². The number of carboxylic acids is 1. The van der Waals surface area contributed by atoms with Crippen LogP contribution in [-0.2, 0) is 9.59 Å². The standard InChI is InChI=1S/C9H16N2O3S/c1-2-3-10-7(12)4-8-11-6(5-15-8)9(13)14/h6,8,11H,2-5H2,1H3,(H,10,12)(H,13,14). The summed E-state index contributed by atoms with van der Waals surface area (Å²) in [5, 5.41) is 14.3. The molecule has 1 aliphatic heterocycles. The summed E-state index contributed by atoms with van der Waals surface area (Å²) in [6.07, 6.45) is 1.25. The van der Waals surface area contributed by atoms with Gasteiger partial charge in [0, 0.05) is 12.3 Å². The van der Waals surface area contributed by atoms with Crippen molar-refractivity contribution in [2.24, 2.45) is 0 Å². The van der Waals surface area contributed by atoms with Crippen molar-refractivity contribution in [3.05, 3.63) is 0 Å². The van der Waals surface area contributed by atoms with Gasteiger partial charge in [0.25, 0.3) is 0 Å². The number of carbonyl (C=O) groups excluding carboxylic acids is 1. The van der Waals surface area contributed by atoms with Gasteiger partial charge in [-0.05, 0) is 6.42 Å². The van der Waals surface area contributed by atoms with Crippen LogP contribution in [-0.4, -0.2) is 40.7 Å². The fourth-order valence-electron chi connectivity index (χ4n) is 1.30. The zero-order valence-electron chi connectivity index (χ0n) is 8.66. The van der Waals surface area contributed by atoms with Gasteiger partial charge in [0.15, 0.2) is 0 Å². The van der Waals surface area contributed by atoms with Crippen LogP contribution in [0.15, 0.2) is 0 Å². The molecule has 86 valence electrons. The largest absolute Gasteiger partial charge is 0.480 e. The lowest BCUT2D eigenvalue weighted by molar-refractivity contribution is -0.138. The average molecular weight is 232 g/mol. The maximum atomic E-state index is 11.3. The van der Waals surface area contributed by atoms with E-state index < -0.39 is 12.0 Å². The van der Waals surface area contributed by atoms with Gasteiger partial charge in [-0.25, -0.2) is 0 Å². The van der Waals surface area contributed by atoms with Gasteiger partial charge in [-0.15, -0.1) is 11.8 Å². The predicted octanol–water partition coefficient (Wildman–Crippen LogP) is 0.0184. The minimum Gasteiger partial charge on any atom is -0.480 e. The van der Waals surface area contributed by atoms with Gasteiger partial charge in [-0.2, -0.15) is 0 Å². The maximum Gasteiger partial charge on any atom is 0.321 e. The smallest absolute Gasteiger partial charge is 0.321 e. The number of hydrogen-bond acceptors (Lipinski definition) is 4. The molecule has 0 aromatic carbocycles. The first kappa shape index (κ1) is 12.3. The number of carboxylic acid groups (broad SMARTS) is 1. The molecule has 1 heterocycles. The first-order valence-electron chi connectivity index (χ1n) is 5.00. The first-order chi connectivity index (χ1) is 7.13. The molecule has 6 heteroatoms. The monoisotopic (exact) mass is 232 g/mol. The summed E-state index contributed by atoms with van der Waals surface area (Å²) in [6, 6.07) is -0.515. The molecule has 0 spiro atoms. The molecule has 2 atom stereocenters. The molecule has 1 aliphatic rings. The summed E-state index contributed by atoms with van der Waals surface area (Å²) in [5.74, 6) is -0.340. The second-order valence-electron chi connectivity index (χ2n) is 3.43. The zero-order valence-corrected chi connectivity index (χ0v) is 9.47. The Bertz CT molecular complexity index is 248. The third-order valence-electron chi connectivity index (χ3n) is 2.09. The van der Waals surface area contributed by atoms with Gasteiger partial charge in [-0.3, -0.25) is 14.9 Å². The molecule has 0 bridgehead atoms. The van der Waals surface area contributed by atoms with Crippen LogP contribution in [0.1, 0.15) is 19.8 Å². The van der Waals surface area contributed by atoms with E-state index in [-0.39, 0.29) is 11.3 Å². The molecule has 3 N–H and O–H groups in total. The minimum absolute atomic E-state index is 0.0205. The number of hydrogen-bond donors (Lipinski definition) is 3. The number of rotatable bonds is 5. The number of thioether (sulfide) groups is 1. The highest BCUT2D eigenvalue weighted by atomic mass is 32.2. The summed E-state index contributed by atoms with van der Waals surface area (Å²) in [5.41, 5.74) is 0. The van der Waals surface area contributed by atoms with Gasteiger partial charge >= 0.3 is 5.97 Å². The molecule has 0 aliphatic carbocycles. The van der Waals surface area contributed by atoms with Crippen molar-refractivity contribution in [2.45, 2.75) is 31.2 Å². The average Bonchev–Trinajstić information content (AvgIpc) is 2.63. The Balaban J connectivity index is 2.23. The lowest BCUT2D eigenvalue weighted by atomic mass is 10.3. The number of amides is 1. The van der Waals surface area contributed by atoms with E-state index in [1.54, 1.807) is 0 Å². The van der Waals surface area contributed by atoms with E-state index in [0.717, 1.165) is 6.42 Å². The molecule has 1 saturated heterocycles. The Morgan fingerprint density at radius 1 is 1.60 bits per heavy atom. The molecule has 5 nitrogen and oxygen atoms in total. The van der Waals surface area contributed by atoms with Gasteiger partial charge in [0.1, 0.15) is 6.04 Å². The maximum absolute atomic E-state index is 11.3. The molecule has 0 saturated carbocycles. The Hall–Kier alpha value is -0.750. The number of carbonyl (C=O) groups is 2. The normalized spacial score (nSPS) is 25.1. The molecular formula is C9H16N2O3S. The van der Waals surface area contributed by atoms with E-state index in [1.807, 2.05) is 6.92 Å². The van der Waals surface area contributed by atoms with Crippen molar-refractivity contribution in [1.82, 2.24) is 10.6 Å². The van der Waals surface area contributed by atoms with E-state index in [9.17, 15) is 9.59 Å². The minimum atomic E-state index is -0.848. The van der Waals surface area contributed by atoms with Gasteiger partial charge in [-0.1, -0.05) is 6.92 Å². The lowest BCUT2D eigenvalue weighted by Crippen LogP contribution is -2.38. The van der Waals surface area contributed by atoms with Crippen LogP contribution < -0.4 is 10.6 Å². The Morgan fingerprint density at radius 2 is 2.33 bits per heavy atom. The van der Waals surface area contributed by atoms with E-state index in [1.165, 1.54) is 11.8 Å². The molecule has 15 heavy (non-hydrogen) atoms. The highest BCUT2D eigenvalue weighted by Gasteiger charge is 2.30. The van der Waals surface area contributed by atoms with Crippen molar-refractivity contribution in [3.8, 4) is 0 Å². The number of nitrogens with one attached hydrogen (secondary N) is 2. The van der Waals surface area contributed by atoms with E-state index in [4.69, 9.17) is 5.11 Å². The van der Waals surface area contributed by atoms with Gasteiger partial charge in [0.2, 0.25) is 5.91 Å². The summed E-state index contributed by atoms with van der Waals surface area (Å²) in [4.78, 5) is 22.0. The number of aliphatic carboxylic acids is 1. The molecule has 0 radical (unpaired) electrons. The van der Waals surface area contributed by atoms with Crippen molar-refractivity contribution in [2.75, 3.05) is 12.3 Å². The van der Waals surface area contributed by atoms with Crippen LogP contribution in [0, 0.1) is 0 Å². The highest BCUT2D eigenvalue weighted by Crippen LogP contribution is 2.21. The Labute approximate surface area is 93.0 Å². The van der Waals surface area contributed by atoms with Crippen molar-refractivity contribution >= 4 is 23.6 Å². The summed E-state index contributed by atoms with van der Waals surface area (Å²) < 4.78 is 0. The van der Waals surface area contributed by atoms with Crippen LogP contribution >= 0.6 is 11.8 Å². The molecule has 1 amide bonds. The zero-order chi connectivity index (χ0) is 11.3. The molecule has 0 aromatic rings. The first-order valence-corrected chi connectivity index (χ1v) is 6.05. The second-order valence-corrected chi connectivity index (χ2v) is 4.67. The van der Waals surface area contributed by atoms with Crippen molar-refractivity contribution in [1.29, 1.82) is 0 Å². The molecule has 0 aromatic heterocycles. The molecular weight excluding hydrogens is 216 g/mol. The topological polar surface area (TPSA) is 78.4 Å². The SMILES string of the molecule is CCCNC(=O)CC1NC(C(=O)O)CS1. The third-order valence-corrected chi connectivity index (χ3v) is 3.32. The Morgan fingerprint density at radius 3 is 2.87 bits per heavy atom. The summed E-state index contributed by atoms with van der Waals surface area (Å²) in [6.45, 7) is 2.67. The quantitative estimate of drug-likeness (QED) is 0.623. The van der Waals surface area contributed by atoms with Crippen LogP contribution in [0.3, 0.4) is 0 Å². The van der Waals surface area contributed by atoms with Gasteiger partial charge < -0.3 is 10.4 Å². The van der Waals surface area contributed by atoms with Gasteiger partial charge in [0.05, 0.1) is 11.8 Å². The lowest BCUT2D eigenvalue weighted by Gasteiger charge is -2.10. The summed E-state index contributed by atoms with van der Waals surface area (Å²) in [7, 11) is 0. The van der Waals surface area contributed by atoms with Crippen molar-refractivity contribution in [3.63, 3.8) is 0 Å². The van der Waals surface area contributed by atoms with Crippen LogP contribution in [0.2, 0.25) is 0 Å². The second kappa shape index (κ2) is 5.97. The van der Waals surface area contributed by atoms with E-state index in [2.05, 4.69) is 10.6 Å². The van der Waals surface area contributed by atoms with Crippen LogP contribution in [0.25, 0.3) is 0 Å². The fraction of sp³-hybridized carbons (Fsp3) is 0.778. The fourth-order valence-corrected chi connectivity index (χ4v) is 2.49. The summed E-state index contributed by atoms with van der Waals surface area (Å²) >= 11 is 1.49. The molecule has 1 rings (SSSR count). The third kappa shape index (κ3) is 4.09.